The van der Waals surface area contributed by atoms with Crippen LogP contribution in [0.2, 0.25) is 0 Å². The van der Waals surface area contributed by atoms with Gasteiger partial charge in [-0.05, 0) is 25.7 Å². The third-order valence-electron chi connectivity index (χ3n) is 3.11. The van der Waals surface area contributed by atoms with Crippen LogP contribution in [0.25, 0.3) is 0 Å². The van der Waals surface area contributed by atoms with Gasteiger partial charge in [-0.3, -0.25) is 0 Å². The Morgan fingerprint density at radius 2 is 1.94 bits per heavy atom. The number of rotatable bonds is 5. The Kier molecular flexibility index (Phi) is 4.77. The summed E-state index contributed by atoms with van der Waals surface area (Å²) in [5, 5.41) is 0. The van der Waals surface area contributed by atoms with E-state index >= 15 is 0 Å². The fraction of sp³-hybridized carbons (Fsp3) is 0.538. The summed E-state index contributed by atoms with van der Waals surface area (Å²) < 4.78 is 5.38. The normalized spacial score (nSPS) is 14.9. The molecule has 3 nitrogen and oxygen atoms in total. The highest BCUT2D eigenvalue weighted by Gasteiger charge is 2.21. The third kappa shape index (κ3) is 2.74. The Balaban J connectivity index is 2.98. The van der Waals surface area contributed by atoms with Crippen molar-refractivity contribution in [1.82, 2.24) is 4.90 Å². The van der Waals surface area contributed by atoms with E-state index in [1.165, 1.54) is 5.56 Å². The number of likely N-dealkylation sites (N-methyl/N-ethyl adjacent to an activating group) is 1. The van der Waals surface area contributed by atoms with Crippen LogP contribution in [-0.4, -0.2) is 38.7 Å². The van der Waals surface area contributed by atoms with Gasteiger partial charge in [0.1, 0.15) is 5.75 Å². The Labute approximate surface area is 98.2 Å². The van der Waals surface area contributed by atoms with Crippen LogP contribution in [0.4, 0.5) is 0 Å². The average molecular weight is 222 g/mol. The maximum Gasteiger partial charge on any atom is 0.122 e. The Hall–Kier alpha value is -1.06. The zero-order chi connectivity index (χ0) is 12.1. The lowest BCUT2D eigenvalue weighted by atomic mass is 9.92. The molecule has 0 saturated carbocycles. The lowest BCUT2D eigenvalue weighted by Gasteiger charge is -2.30. The molecule has 1 aromatic carbocycles. The molecule has 1 rings (SSSR count). The molecule has 0 spiro atoms. The van der Waals surface area contributed by atoms with Gasteiger partial charge in [-0.15, -0.1) is 0 Å². The Morgan fingerprint density at radius 3 is 2.44 bits per heavy atom. The first kappa shape index (κ1) is 13.0. The van der Waals surface area contributed by atoms with Crippen molar-refractivity contribution >= 4 is 0 Å². The standard InChI is InChI=1S/C13H22N2O/c1-10(12(9-14)15(2)3)11-7-5-6-8-13(11)16-4/h5-8,10,12H,9,14H2,1-4H3. The molecule has 0 aliphatic rings. The summed E-state index contributed by atoms with van der Waals surface area (Å²) in [7, 11) is 5.82. The highest BCUT2D eigenvalue weighted by Crippen LogP contribution is 2.29. The average Bonchev–Trinajstić information content (AvgIpc) is 2.29. The maximum absolute atomic E-state index is 5.82. The highest BCUT2D eigenvalue weighted by atomic mass is 16.5. The molecular formula is C13H22N2O. The largest absolute Gasteiger partial charge is 0.496 e. The molecule has 0 saturated heterocycles. The van der Waals surface area contributed by atoms with Gasteiger partial charge in [0, 0.05) is 18.5 Å². The van der Waals surface area contributed by atoms with E-state index in [2.05, 4.69) is 32.0 Å². The second kappa shape index (κ2) is 5.87. The molecule has 0 aromatic heterocycles. The van der Waals surface area contributed by atoms with Gasteiger partial charge in [0.05, 0.1) is 7.11 Å². The van der Waals surface area contributed by atoms with E-state index in [0.29, 0.717) is 18.5 Å². The summed E-state index contributed by atoms with van der Waals surface area (Å²) in [5.74, 6) is 1.30. The first-order valence-corrected chi connectivity index (χ1v) is 5.61. The first-order valence-electron chi connectivity index (χ1n) is 5.61. The molecule has 2 atom stereocenters. The second-order valence-corrected chi connectivity index (χ2v) is 4.30. The van der Waals surface area contributed by atoms with Crippen molar-refractivity contribution in [3.05, 3.63) is 29.8 Å². The topological polar surface area (TPSA) is 38.5 Å². The molecule has 0 fully saturated rings. The van der Waals surface area contributed by atoms with E-state index in [0.717, 1.165) is 5.75 Å². The number of nitrogens with two attached hydrogens (primary N) is 1. The molecule has 1 aromatic rings. The van der Waals surface area contributed by atoms with Gasteiger partial charge >= 0.3 is 0 Å². The number of nitrogens with zero attached hydrogens (tertiary/aromatic N) is 1. The van der Waals surface area contributed by atoms with Crippen molar-refractivity contribution < 1.29 is 4.74 Å². The number of hydrogen-bond donors (Lipinski definition) is 1. The van der Waals surface area contributed by atoms with Gasteiger partial charge in [0.25, 0.3) is 0 Å². The van der Waals surface area contributed by atoms with E-state index in [4.69, 9.17) is 10.5 Å². The zero-order valence-electron chi connectivity index (χ0n) is 10.6. The number of benzene rings is 1. The van der Waals surface area contributed by atoms with Crippen LogP contribution < -0.4 is 10.5 Å². The molecule has 3 heteroatoms. The van der Waals surface area contributed by atoms with Gasteiger partial charge in [0.15, 0.2) is 0 Å². The molecule has 2 unspecified atom stereocenters. The smallest absolute Gasteiger partial charge is 0.122 e. The monoisotopic (exact) mass is 222 g/mol. The first-order chi connectivity index (χ1) is 7.61. The second-order valence-electron chi connectivity index (χ2n) is 4.30. The van der Waals surface area contributed by atoms with Crippen LogP contribution in [0.3, 0.4) is 0 Å². The lowest BCUT2D eigenvalue weighted by Crippen LogP contribution is -2.39. The van der Waals surface area contributed by atoms with Crippen molar-refractivity contribution in [1.29, 1.82) is 0 Å². The van der Waals surface area contributed by atoms with Gasteiger partial charge in [-0.2, -0.15) is 0 Å². The van der Waals surface area contributed by atoms with Crippen molar-refractivity contribution in [2.75, 3.05) is 27.7 Å². The molecule has 16 heavy (non-hydrogen) atoms. The number of methoxy groups -OCH3 is 1. The van der Waals surface area contributed by atoms with Gasteiger partial charge in [-0.1, -0.05) is 25.1 Å². The third-order valence-corrected chi connectivity index (χ3v) is 3.11. The van der Waals surface area contributed by atoms with Crippen molar-refractivity contribution in [2.24, 2.45) is 5.73 Å². The van der Waals surface area contributed by atoms with Crippen LogP contribution in [0.5, 0.6) is 5.75 Å². The quantitative estimate of drug-likeness (QED) is 0.824. The molecule has 0 heterocycles. The van der Waals surface area contributed by atoms with E-state index in [1.54, 1.807) is 7.11 Å². The summed E-state index contributed by atoms with van der Waals surface area (Å²) in [6, 6.07) is 8.46. The molecular weight excluding hydrogens is 200 g/mol. The minimum atomic E-state index is 0.330. The van der Waals surface area contributed by atoms with Gasteiger partial charge in [0.2, 0.25) is 0 Å². The number of ether oxygens (including phenoxy) is 1. The maximum atomic E-state index is 5.82. The van der Waals surface area contributed by atoms with Crippen LogP contribution in [-0.2, 0) is 0 Å². The molecule has 2 N–H and O–H groups in total. The fourth-order valence-electron chi connectivity index (χ4n) is 2.11. The summed E-state index contributed by atoms with van der Waals surface area (Å²) in [4.78, 5) is 2.16. The fourth-order valence-corrected chi connectivity index (χ4v) is 2.11. The Bertz CT molecular complexity index is 325. The van der Waals surface area contributed by atoms with Crippen LogP contribution >= 0.6 is 0 Å². The predicted molar refractivity (Wildman–Crippen MR) is 67.9 cm³/mol. The zero-order valence-corrected chi connectivity index (χ0v) is 10.6. The summed E-state index contributed by atoms with van der Waals surface area (Å²) in [5.41, 5.74) is 7.04. The minimum Gasteiger partial charge on any atom is -0.496 e. The van der Waals surface area contributed by atoms with Crippen LogP contribution in [0.15, 0.2) is 24.3 Å². The van der Waals surface area contributed by atoms with Gasteiger partial charge in [-0.25, -0.2) is 0 Å². The number of para-hydroxylation sites is 1. The van der Waals surface area contributed by atoms with E-state index < -0.39 is 0 Å². The lowest BCUT2D eigenvalue weighted by molar-refractivity contribution is 0.263. The Morgan fingerprint density at radius 1 is 1.31 bits per heavy atom. The molecule has 0 aliphatic carbocycles. The SMILES string of the molecule is COc1ccccc1C(C)C(CN)N(C)C. The van der Waals surface area contributed by atoms with E-state index in [1.807, 2.05) is 18.2 Å². The summed E-state index contributed by atoms with van der Waals surface area (Å²) in [6.07, 6.45) is 0. The predicted octanol–water partition coefficient (Wildman–Crippen LogP) is 1.69. The van der Waals surface area contributed by atoms with Gasteiger partial charge < -0.3 is 15.4 Å². The van der Waals surface area contributed by atoms with Crippen molar-refractivity contribution in [3.63, 3.8) is 0 Å². The summed E-state index contributed by atoms with van der Waals surface area (Å²) in [6.45, 7) is 2.83. The van der Waals surface area contributed by atoms with Crippen LogP contribution in [0, 0.1) is 0 Å². The van der Waals surface area contributed by atoms with E-state index in [-0.39, 0.29) is 0 Å². The molecule has 0 amide bonds. The molecule has 0 bridgehead atoms. The summed E-state index contributed by atoms with van der Waals surface area (Å²) >= 11 is 0. The van der Waals surface area contributed by atoms with Crippen molar-refractivity contribution in [2.45, 2.75) is 18.9 Å². The molecule has 90 valence electrons. The van der Waals surface area contributed by atoms with Crippen molar-refractivity contribution in [3.8, 4) is 5.75 Å². The van der Waals surface area contributed by atoms with E-state index in [9.17, 15) is 0 Å². The number of hydrogen-bond acceptors (Lipinski definition) is 3. The molecule has 0 radical (unpaired) electrons. The van der Waals surface area contributed by atoms with Crippen LogP contribution in [0.1, 0.15) is 18.4 Å². The highest BCUT2D eigenvalue weighted by molar-refractivity contribution is 5.36. The minimum absolute atomic E-state index is 0.330. The molecule has 0 aliphatic heterocycles.